The van der Waals surface area contributed by atoms with Gasteiger partial charge in [0.2, 0.25) is 11.9 Å². The lowest BCUT2D eigenvalue weighted by molar-refractivity contribution is -0.134. The highest BCUT2D eigenvalue weighted by atomic mass is 16.2. The van der Waals surface area contributed by atoms with E-state index in [4.69, 9.17) is 11.5 Å². The summed E-state index contributed by atoms with van der Waals surface area (Å²) in [6, 6.07) is -0.455. The van der Waals surface area contributed by atoms with Gasteiger partial charge in [0.1, 0.15) is 0 Å². The number of nitrogens with one attached hydrogen (secondary N) is 1. The van der Waals surface area contributed by atoms with Gasteiger partial charge in [-0.1, -0.05) is 25.7 Å². The molecular formula is C15H23N5O2. The Kier molecular flexibility index (Phi) is 4.15. The summed E-state index contributed by atoms with van der Waals surface area (Å²) in [7, 11) is 0. The number of anilines is 1. The number of aromatic nitrogens is 2. The van der Waals surface area contributed by atoms with E-state index in [0.29, 0.717) is 36.7 Å². The quantitative estimate of drug-likeness (QED) is 0.734. The summed E-state index contributed by atoms with van der Waals surface area (Å²) in [6.45, 7) is 0.833. The van der Waals surface area contributed by atoms with E-state index in [-0.39, 0.29) is 17.4 Å². The maximum atomic E-state index is 12.5. The van der Waals surface area contributed by atoms with Crippen molar-refractivity contribution in [3.8, 4) is 0 Å². The Morgan fingerprint density at radius 1 is 1.41 bits per heavy atom. The standard InChI is InChI=1S/C15H23N5O2/c16-11(7-9-3-1-2-4-9)14(22)20-6-5-10-12(8-20)18-15(17)19-13(10)21/h9,11H,1-8,16H2,(H3,17,18,19,21)/t11-/m1/s1. The number of amides is 1. The van der Waals surface area contributed by atoms with Crippen LogP contribution in [-0.4, -0.2) is 33.4 Å². The van der Waals surface area contributed by atoms with Crippen LogP contribution >= 0.6 is 0 Å². The lowest BCUT2D eigenvalue weighted by Crippen LogP contribution is -2.47. The van der Waals surface area contributed by atoms with E-state index in [1.807, 2.05) is 0 Å². The normalized spacial score (nSPS) is 20.0. The molecule has 0 aromatic carbocycles. The molecule has 0 unspecified atom stereocenters. The number of rotatable bonds is 3. The van der Waals surface area contributed by atoms with Crippen molar-refractivity contribution >= 4 is 11.9 Å². The number of carbonyl (C=O) groups is 1. The molecular weight excluding hydrogens is 282 g/mol. The van der Waals surface area contributed by atoms with E-state index in [0.717, 1.165) is 6.42 Å². The number of hydrogen-bond acceptors (Lipinski definition) is 5. The molecule has 1 amide bonds. The fourth-order valence-corrected chi connectivity index (χ4v) is 3.59. The van der Waals surface area contributed by atoms with Crippen LogP contribution in [0.4, 0.5) is 5.95 Å². The van der Waals surface area contributed by atoms with Crippen LogP contribution in [0.5, 0.6) is 0 Å². The number of H-pyrrole nitrogens is 1. The second-order valence-corrected chi connectivity index (χ2v) is 6.38. The first-order valence-corrected chi connectivity index (χ1v) is 7.96. The first-order valence-electron chi connectivity index (χ1n) is 7.96. The first-order chi connectivity index (χ1) is 10.5. The van der Waals surface area contributed by atoms with Crippen molar-refractivity contribution in [1.29, 1.82) is 0 Å². The molecule has 1 fully saturated rings. The van der Waals surface area contributed by atoms with Gasteiger partial charge in [-0.25, -0.2) is 4.98 Å². The fraction of sp³-hybridized carbons (Fsp3) is 0.667. The molecule has 1 atom stereocenters. The number of aromatic amines is 1. The van der Waals surface area contributed by atoms with Crippen LogP contribution in [0.3, 0.4) is 0 Å². The highest BCUT2D eigenvalue weighted by Gasteiger charge is 2.29. The number of carbonyl (C=O) groups excluding carboxylic acids is 1. The lowest BCUT2D eigenvalue weighted by atomic mass is 9.97. The Morgan fingerprint density at radius 2 is 2.14 bits per heavy atom. The largest absolute Gasteiger partial charge is 0.369 e. The van der Waals surface area contributed by atoms with E-state index >= 15 is 0 Å². The third kappa shape index (κ3) is 2.99. The van der Waals surface area contributed by atoms with Crippen LogP contribution in [-0.2, 0) is 17.8 Å². The molecule has 1 aromatic rings. The third-order valence-corrected chi connectivity index (χ3v) is 4.78. The summed E-state index contributed by atoms with van der Waals surface area (Å²) >= 11 is 0. The predicted octanol–water partition coefficient (Wildman–Crippen LogP) is 0.144. The van der Waals surface area contributed by atoms with Gasteiger partial charge in [-0.3, -0.25) is 14.6 Å². The van der Waals surface area contributed by atoms with E-state index in [1.165, 1.54) is 25.7 Å². The smallest absolute Gasteiger partial charge is 0.255 e. The van der Waals surface area contributed by atoms with Crippen LogP contribution in [0, 0.1) is 5.92 Å². The maximum Gasteiger partial charge on any atom is 0.255 e. The second kappa shape index (κ2) is 6.08. The molecule has 1 aliphatic carbocycles. The molecule has 0 radical (unpaired) electrons. The zero-order chi connectivity index (χ0) is 15.7. The number of fused-ring (bicyclic) bond motifs is 1. The van der Waals surface area contributed by atoms with Gasteiger partial charge >= 0.3 is 0 Å². The number of nitrogen functional groups attached to an aromatic ring is 1. The van der Waals surface area contributed by atoms with Gasteiger partial charge in [0, 0.05) is 12.1 Å². The molecule has 0 spiro atoms. The van der Waals surface area contributed by atoms with E-state index < -0.39 is 6.04 Å². The van der Waals surface area contributed by atoms with Crippen LogP contribution in [0.25, 0.3) is 0 Å². The lowest BCUT2D eigenvalue weighted by Gasteiger charge is -2.30. The Labute approximate surface area is 129 Å². The average Bonchev–Trinajstić information content (AvgIpc) is 2.98. The monoisotopic (exact) mass is 305 g/mol. The fourth-order valence-electron chi connectivity index (χ4n) is 3.59. The van der Waals surface area contributed by atoms with Gasteiger partial charge in [-0.15, -0.1) is 0 Å². The van der Waals surface area contributed by atoms with Crippen molar-refractivity contribution in [2.24, 2.45) is 11.7 Å². The van der Waals surface area contributed by atoms with E-state index in [1.54, 1.807) is 4.90 Å². The van der Waals surface area contributed by atoms with Crippen LogP contribution in [0.15, 0.2) is 4.79 Å². The molecule has 2 aliphatic rings. The molecule has 0 bridgehead atoms. The van der Waals surface area contributed by atoms with Crippen molar-refractivity contribution in [3.05, 3.63) is 21.6 Å². The van der Waals surface area contributed by atoms with Crippen LogP contribution in [0.2, 0.25) is 0 Å². The van der Waals surface area contributed by atoms with Crippen LogP contribution in [0.1, 0.15) is 43.4 Å². The molecule has 3 rings (SSSR count). The van der Waals surface area contributed by atoms with Gasteiger partial charge in [0.05, 0.1) is 18.3 Å². The number of hydrogen-bond donors (Lipinski definition) is 3. The van der Waals surface area contributed by atoms with Crippen molar-refractivity contribution < 1.29 is 4.79 Å². The first kappa shape index (κ1) is 15.0. The SMILES string of the molecule is Nc1nc2c(c(=O)[nH]1)CCN(C(=O)[C@H](N)CC1CCCC1)C2. The minimum atomic E-state index is -0.455. The topological polar surface area (TPSA) is 118 Å². The number of nitrogens with zero attached hydrogens (tertiary/aromatic N) is 2. The summed E-state index contributed by atoms with van der Waals surface area (Å²) in [6.07, 6.45) is 6.10. The van der Waals surface area contributed by atoms with Crippen molar-refractivity contribution in [2.75, 3.05) is 12.3 Å². The van der Waals surface area contributed by atoms with Gasteiger partial charge in [0.15, 0.2) is 0 Å². The highest BCUT2D eigenvalue weighted by molar-refractivity contribution is 5.81. The van der Waals surface area contributed by atoms with Gasteiger partial charge < -0.3 is 16.4 Å². The molecule has 7 nitrogen and oxygen atoms in total. The van der Waals surface area contributed by atoms with Crippen molar-refractivity contribution in [1.82, 2.24) is 14.9 Å². The van der Waals surface area contributed by atoms with E-state index in [9.17, 15) is 9.59 Å². The molecule has 22 heavy (non-hydrogen) atoms. The third-order valence-electron chi connectivity index (χ3n) is 4.78. The molecule has 2 heterocycles. The molecule has 1 aliphatic heterocycles. The van der Waals surface area contributed by atoms with Crippen molar-refractivity contribution in [2.45, 2.75) is 51.1 Å². The summed E-state index contributed by atoms with van der Waals surface area (Å²) in [4.78, 5) is 32.7. The van der Waals surface area contributed by atoms with Crippen LogP contribution < -0.4 is 17.0 Å². The molecule has 1 aromatic heterocycles. The molecule has 7 heteroatoms. The molecule has 0 saturated heterocycles. The zero-order valence-electron chi connectivity index (χ0n) is 12.7. The molecule has 120 valence electrons. The Hall–Kier alpha value is -1.89. The molecule has 5 N–H and O–H groups in total. The molecule has 1 saturated carbocycles. The van der Waals surface area contributed by atoms with Gasteiger partial charge in [-0.2, -0.15) is 0 Å². The zero-order valence-corrected chi connectivity index (χ0v) is 12.7. The Bertz CT molecular complexity index is 621. The highest BCUT2D eigenvalue weighted by Crippen LogP contribution is 2.28. The van der Waals surface area contributed by atoms with Gasteiger partial charge in [0.25, 0.3) is 5.56 Å². The Morgan fingerprint density at radius 3 is 2.86 bits per heavy atom. The minimum absolute atomic E-state index is 0.0433. The predicted molar refractivity (Wildman–Crippen MR) is 82.9 cm³/mol. The van der Waals surface area contributed by atoms with Crippen molar-refractivity contribution in [3.63, 3.8) is 0 Å². The summed E-state index contributed by atoms with van der Waals surface area (Å²) in [5.41, 5.74) is 12.7. The second-order valence-electron chi connectivity index (χ2n) is 6.38. The number of nitrogens with two attached hydrogens (primary N) is 2. The summed E-state index contributed by atoms with van der Waals surface area (Å²) in [5, 5.41) is 0. The van der Waals surface area contributed by atoms with E-state index in [2.05, 4.69) is 9.97 Å². The van der Waals surface area contributed by atoms with Gasteiger partial charge in [-0.05, 0) is 18.8 Å². The maximum absolute atomic E-state index is 12.5. The summed E-state index contributed by atoms with van der Waals surface area (Å²) < 4.78 is 0. The summed E-state index contributed by atoms with van der Waals surface area (Å²) in [5.74, 6) is 0.624. The average molecular weight is 305 g/mol. The minimum Gasteiger partial charge on any atom is -0.369 e. The Balaban J connectivity index is 1.68.